The van der Waals surface area contributed by atoms with E-state index >= 15 is 0 Å². The predicted octanol–water partition coefficient (Wildman–Crippen LogP) is 3.79. The van der Waals surface area contributed by atoms with E-state index in [4.69, 9.17) is 4.74 Å². The molecule has 1 N–H and O–H groups in total. The Balaban J connectivity index is 2.23. The van der Waals surface area contributed by atoms with Crippen LogP contribution in [0.15, 0.2) is 30.5 Å². The highest BCUT2D eigenvalue weighted by atomic mass is 19.2. The van der Waals surface area contributed by atoms with Crippen molar-refractivity contribution in [2.75, 3.05) is 0 Å². The molecule has 0 aliphatic rings. The van der Waals surface area contributed by atoms with E-state index in [9.17, 15) is 13.2 Å². The number of pyridine rings is 1. The molecular weight excluding hydrogens is 281 g/mol. The van der Waals surface area contributed by atoms with E-state index < -0.39 is 17.5 Å². The second-order valence-electron chi connectivity index (χ2n) is 4.83. The highest BCUT2D eigenvalue weighted by Crippen LogP contribution is 2.25. The van der Waals surface area contributed by atoms with Crippen LogP contribution in [0.5, 0.6) is 11.6 Å². The van der Waals surface area contributed by atoms with E-state index in [1.165, 1.54) is 12.1 Å². The van der Waals surface area contributed by atoms with E-state index in [-0.39, 0.29) is 17.7 Å². The third kappa shape index (κ3) is 4.19. The van der Waals surface area contributed by atoms with Crippen molar-refractivity contribution in [2.45, 2.75) is 26.4 Å². The number of halogens is 3. The molecule has 0 saturated carbocycles. The van der Waals surface area contributed by atoms with Crippen LogP contribution >= 0.6 is 0 Å². The van der Waals surface area contributed by atoms with Gasteiger partial charge in [-0.25, -0.2) is 18.2 Å². The lowest BCUT2D eigenvalue weighted by atomic mass is 10.2. The Kier molecular flexibility index (Phi) is 4.80. The van der Waals surface area contributed by atoms with E-state index in [1.54, 1.807) is 0 Å². The summed E-state index contributed by atoms with van der Waals surface area (Å²) in [5, 5.41) is 3.11. The minimum Gasteiger partial charge on any atom is -0.439 e. The van der Waals surface area contributed by atoms with Crippen LogP contribution in [0.3, 0.4) is 0 Å². The number of nitrogens with zero attached hydrogens (tertiary/aromatic N) is 1. The molecule has 0 amide bonds. The quantitative estimate of drug-likeness (QED) is 0.911. The molecule has 21 heavy (non-hydrogen) atoms. The van der Waals surface area contributed by atoms with Gasteiger partial charge in [-0.15, -0.1) is 0 Å². The first kappa shape index (κ1) is 15.3. The first-order valence-electron chi connectivity index (χ1n) is 6.46. The number of hydrogen-bond donors (Lipinski definition) is 1. The molecule has 6 heteroatoms. The maximum Gasteiger partial charge on any atom is 0.223 e. The minimum absolute atomic E-state index is 0.0961. The standard InChI is InChI=1S/C15H15F3N2O/c1-9(2)19-7-10-5-11(16)8-20-15(10)21-12-3-4-13(17)14(18)6-12/h3-6,8-9,19H,7H2,1-2H3. The van der Waals surface area contributed by atoms with Gasteiger partial charge in [0, 0.05) is 24.2 Å². The van der Waals surface area contributed by atoms with E-state index in [1.807, 2.05) is 13.8 Å². The van der Waals surface area contributed by atoms with Gasteiger partial charge in [-0.2, -0.15) is 0 Å². The Bertz CT molecular complexity index is 632. The molecule has 0 bridgehead atoms. The van der Waals surface area contributed by atoms with Crippen LogP contribution in [0.1, 0.15) is 19.4 Å². The normalized spacial score (nSPS) is 11.0. The molecule has 3 nitrogen and oxygen atoms in total. The van der Waals surface area contributed by atoms with Gasteiger partial charge in [-0.1, -0.05) is 13.8 Å². The van der Waals surface area contributed by atoms with Crippen LogP contribution in [0.25, 0.3) is 0 Å². The first-order chi connectivity index (χ1) is 9.95. The summed E-state index contributed by atoms with van der Waals surface area (Å²) in [4.78, 5) is 3.85. The topological polar surface area (TPSA) is 34.2 Å². The van der Waals surface area contributed by atoms with Crippen molar-refractivity contribution in [2.24, 2.45) is 0 Å². The Hall–Kier alpha value is -2.08. The highest BCUT2D eigenvalue weighted by molar-refractivity contribution is 5.33. The smallest absolute Gasteiger partial charge is 0.223 e. The van der Waals surface area contributed by atoms with E-state index in [0.717, 1.165) is 18.3 Å². The predicted molar refractivity (Wildman–Crippen MR) is 72.6 cm³/mol. The fourth-order valence-corrected chi connectivity index (χ4v) is 1.65. The number of ether oxygens (including phenoxy) is 1. The van der Waals surface area contributed by atoms with Gasteiger partial charge < -0.3 is 10.1 Å². The lowest BCUT2D eigenvalue weighted by molar-refractivity contribution is 0.435. The second kappa shape index (κ2) is 6.58. The van der Waals surface area contributed by atoms with Crippen LogP contribution < -0.4 is 10.1 Å². The molecule has 0 aliphatic carbocycles. The fourth-order valence-electron chi connectivity index (χ4n) is 1.65. The molecule has 1 heterocycles. The Morgan fingerprint density at radius 2 is 1.90 bits per heavy atom. The zero-order chi connectivity index (χ0) is 15.4. The summed E-state index contributed by atoms with van der Waals surface area (Å²) in [6.45, 7) is 4.24. The first-order valence-corrected chi connectivity index (χ1v) is 6.46. The molecule has 0 aliphatic heterocycles. The molecular formula is C15H15F3N2O. The van der Waals surface area contributed by atoms with E-state index in [0.29, 0.717) is 12.1 Å². The summed E-state index contributed by atoms with van der Waals surface area (Å²) >= 11 is 0. The molecule has 0 unspecified atom stereocenters. The highest BCUT2D eigenvalue weighted by Gasteiger charge is 2.11. The molecule has 0 saturated heterocycles. The van der Waals surface area contributed by atoms with Gasteiger partial charge in [-0.05, 0) is 18.2 Å². The van der Waals surface area contributed by atoms with Gasteiger partial charge in [0.1, 0.15) is 11.6 Å². The molecule has 112 valence electrons. The second-order valence-corrected chi connectivity index (χ2v) is 4.83. The van der Waals surface area contributed by atoms with Gasteiger partial charge >= 0.3 is 0 Å². The molecule has 0 fully saturated rings. The largest absolute Gasteiger partial charge is 0.439 e. The van der Waals surface area contributed by atoms with Gasteiger partial charge in [0.05, 0.1) is 6.20 Å². The zero-order valence-corrected chi connectivity index (χ0v) is 11.7. The van der Waals surface area contributed by atoms with E-state index in [2.05, 4.69) is 10.3 Å². The zero-order valence-electron chi connectivity index (χ0n) is 11.7. The number of nitrogens with one attached hydrogen (secondary N) is 1. The summed E-state index contributed by atoms with van der Waals surface area (Å²) < 4.78 is 44.7. The molecule has 0 atom stereocenters. The van der Waals surface area contributed by atoms with Crippen LogP contribution in [-0.4, -0.2) is 11.0 Å². The molecule has 0 radical (unpaired) electrons. The van der Waals surface area contributed by atoms with Crippen molar-refractivity contribution in [1.29, 1.82) is 0 Å². The van der Waals surface area contributed by atoms with Crippen molar-refractivity contribution < 1.29 is 17.9 Å². The Morgan fingerprint density at radius 1 is 1.14 bits per heavy atom. The van der Waals surface area contributed by atoms with Gasteiger partial charge in [-0.3, -0.25) is 0 Å². The maximum atomic E-state index is 13.3. The van der Waals surface area contributed by atoms with Crippen molar-refractivity contribution in [3.63, 3.8) is 0 Å². The molecule has 0 spiro atoms. The number of hydrogen-bond acceptors (Lipinski definition) is 3. The number of benzene rings is 1. The monoisotopic (exact) mass is 296 g/mol. The lowest BCUT2D eigenvalue weighted by Crippen LogP contribution is -2.22. The summed E-state index contributed by atoms with van der Waals surface area (Å²) in [7, 11) is 0. The van der Waals surface area contributed by atoms with Crippen molar-refractivity contribution in [1.82, 2.24) is 10.3 Å². The maximum absolute atomic E-state index is 13.3. The average molecular weight is 296 g/mol. The lowest BCUT2D eigenvalue weighted by Gasteiger charge is -2.12. The molecule has 1 aromatic heterocycles. The van der Waals surface area contributed by atoms with Crippen LogP contribution in [-0.2, 0) is 6.54 Å². The third-order valence-corrected chi connectivity index (χ3v) is 2.70. The van der Waals surface area contributed by atoms with Crippen LogP contribution in [0.2, 0.25) is 0 Å². The fraction of sp³-hybridized carbons (Fsp3) is 0.267. The Morgan fingerprint density at radius 3 is 2.57 bits per heavy atom. The summed E-state index contributed by atoms with van der Waals surface area (Å²) in [6, 6.07) is 4.64. The minimum atomic E-state index is -1.02. The summed E-state index contributed by atoms with van der Waals surface area (Å²) in [6.07, 6.45) is 1.01. The molecule has 2 aromatic rings. The molecule has 2 rings (SSSR count). The molecule has 1 aromatic carbocycles. The van der Waals surface area contributed by atoms with Gasteiger partial charge in [0.2, 0.25) is 5.88 Å². The average Bonchev–Trinajstić information content (AvgIpc) is 2.43. The summed E-state index contributed by atoms with van der Waals surface area (Å²) in [5.74, 6) is -2.23. The summed E-state index contributed by atoms with van der Waals surface area (Å²) in [5.41, 5.74) is 0.494. The van der Waals surface area contributed by atoms with Gasteiger partial charge in [0.15, 0.2) is 11.6 Å². The van der Waals surface area contributed by atoms with Crippen LogP contribution in [0, 0.1) is 17.5 Å². The number of rotatable bonds is 5. The third-order valence-electron chi connectivity index (χ3n) is 2.70. The number of aromatic nitrogens is 1. The van der Waals surface area contributed by atoms with Crippen molar-refractivity contribution in [3.8, 4) is 11.6 Å². The Labute approximate surface area is 120 Å². The van der Waals surface area contributed by atoms with Gasteiger partial charge in [0.25, 0.3) is 0 Å². The van der Waals surface area contributed by atoms with Crippen molar-refractivity contribution >= 4 is 0 Å². The van der Waals surface area contributed by atoms with Crippen molar-refractivity contribution in [3.05, 3.63) is 53.5 Å². The SMILES string of the molecule is CC(C)NCc1cc(F)cnc1Oc1ccc(F)c(F)c1. The van der Waals surface area contributed by atoms with Crippen LogP contribution in [0.4, 0.5) is 13.2 Å².